The molecule has 3 aromatic rings. The normalized spacial score (nSPS) is 10.5. The maximum Gasteiger partial charge on any atom is 0.190 e. The summed E-state index contributed by atoms with van der Waals surface area (Å²) in [5, 5.41) is 3.55. The van der Waals surface area contributed by atoms with E-state index >= 15 is 0 Å². The molecular formula is C19H22N2O2S. The Kier molecular flexibility index (Phi) is 5.57. The summed E-state index contributed by atoms with van der Waals surface area (Å²) in [6.07, 6.45) is 0. The van der Waals surface area contributed by atoms with E-state index in [0.717, 1.165) is 33.2 Å². The standard InChI is InChI=1S/C17H18N2O2S.C2H4/c1-9(2)13-8-22-17(19-13)12-7-14(20)11-5-6-15(21-4)10(3)16(11)18-12;1-2/h5-9H,1-4H3,(H,18,20);1-2H2. The average molecular weight is 342 g/mol. The van der Waals surface area contributed by atoms with Crippen LogP contribution in [0.1, 0.15) is 31.0 Å². The maximum absolute atomic E-state index is 12.4. The van der Waals surface area contributed by atoms with Crippen molar-refractivity contribution in [1.29, 1.82) is 0 Å². The number of fused-ring (bicyclic) bond motifs is 1. The number of aromatic amines is 1. The van der Waals surface area contributed by atoms with Crippen LogP contribution in [0, 0.1) is 6.92 Å². The Morgan fingerprint density at radius 3 is 2.58 bits per heavy atom. The second-order valence-corrected chi connectivity index (χ2v) is 6.45. The van der Waals surface area contributed by atoms with Gasteiger partial charge in [-0.05, 0) is 25.0 Å². The second kappa shape index (κ2) is 7.45. The van der Waals surface area contributed by atoms with E-state index < -0.39 is 0 Å². The molecule has 3 rings (SSSR count). The predicted molar refractivity (Wildman–Crippen MR) is 102 cm³/mol. The van der Waals surface area contributed by atoms with Gasteiger partial charge in [0.25, 0.3) is 0 Å². The monoisotopic (exact) mass is 342 g/mol. The van der Waals surface area contributed by atoms with Gasteiger partial charge in [-0.2, -0.15) is 0 Å². The zero-order chi connectivity index (χ0) is 17.9. The van der Waals surface area contributed by atoms with Gasteiger partial charge in [0.1, 0.15) is 10.8 Å². The minimum absolute atomic E-state index is 0.00389. The van der Waals surface area contributed by atoms with Gasteiger partial charge < -0.3 is 9.72 Å². The summed E-state index contributed by atoms with van der Waals surface area (Å²) in [4.78, 5) is 20.3. The Morgan fingerprint density at radius 1 is 1.29 bits per heavy atom. The number of hydrogen-bond donors (Lipinski definition) is 1. The first kappa shape index (κ1) is 17.9. The van der Waals surface area contributed by atoms with Crippen LogP contribution in [0.4, 0.5) is 0 Å². The molecule has 0 unspecified atom stereocenters. The van der Waals surface area contributed by atoms with E-state index in [1.54, 1.807) is 30.6 Å². The lowest BCUT2D eigenvalue weighted by molar-refractivity contribution is 0.412. The lowest BCUT2D eigenvalue weighted by Gasteiger charge is -2.09. The topological polar surface area (TPSA) is 55.0 Å². The number of methoxy groups -OCH3 is 1. The van der Waals surface area contributed by atoms with Crippen molar-refractivity contribution in [2.45, 2.75) is 26.7 Å². The first-order chi connectivity index (χ1) is 11.5. The highest BCUT2D eigenvalue weighted by molar-refractivity contribution is 7.13. The van der Waals surface area contributed by atoms with Crippen LogP contribution in [0.25, 0.3) is 21.6 Å². The molecule has 0 aliphatic rings. The fourth-order valence-electron chi connectivity index (χ4n) is 2.45. The van der Waals surface area contributed by atoms with Gasteiger partial charge in [-0.1, -0.05) is 13.8 Å². The number of ether oxygens (including phenoxy) is 1. The first-order valence-corrected chi connectivity index (χ1v) is 8.55. The van der Waals surface area contributed by atoms with Gasteiger partial charge in [0.05, 0.1) is 24.0 Å². The molecule has 1 aromatic carbocycles. The third kappa shape index (κ3) is 3.26. The number of nitrogens with one attached hydrogen (secondary N) is 1. The molecule has 2 heterocycles. The molecule has 0 fully saturated rings. The highest BCUT2D eigenvalue weighted by atomic mass is 32.1. The molecule has 2 aromatic heterocycles. The van der Waals surface area contributed by atoms with Crippen molar-refractivity contribution in [2.75, 3.05) is 7.11 Å². The highest BCUT2D eigenvalue weighted by Crippen LogP contribution is 2.28. The fraction of sp³-hybridized carbons (Fsp3) is 0.263. The molecule has 1 N–H and O–H groups in total. The first-order valence-electron chi connectivity index (χ1n) is 7.67. The molecule has 0 saturated heterocycles. The number of thiazole rings is 1. The molecular weight excluding hydrogens is 320 g/mol. The lowest BCUT2D eigenvalue weighted by Crippen LogP contribution is -2.04. The number of rotatable bonds is 3. The summed E-state index contributed by atoms with van der Waals surface area (Å²) in [5.74, 6) is 1.14. The Hall–Kier alpha value is -2.40. The van der Waals surface area contributed by atoms with Crippen molar-refractivity contribution in [2.24, 2.45) is 0 Å². The minimum Gasteiger partial charge on any atom is -0.496 e. The number of nitrogens with zero attached hydrogens (tertiary/aromatic N) is 1. The quantitative estimate of drug-likeness (QED) is 0.689. The van der Waals surface area contributed by atoms with Crippen molar-refractivity contribution in [1.82, 2.24) is 9.97 Å². The maximum atomic E-state index is 12.4. The minimum atomic E-state index is -0.00389. The van der Waals surface area contributed by atoms with Crippen LogP contribution in [0.2, 0.25) is 0 Å². The van der Waals surface area contributed by atoms with Gasteiger partial charge in [0, 0.05) is 22.4 Å². The summed E-state index contributed by atoms with van der Waals surface area (Å²) in [6.45, 7) is 12.2. The van der Waals surface area contributed by atoms with Crippen LogP contribution >= 0.6 is 11.3 Å². The number of aryl methyl sites for hydroxylation is 1. The SMILES string of the molecule is C=C.COc1ccc2c(=O)cc(-c3nc(C(C)C)cs3)[nH]c2c1C. The highest BCUT2D eigenvalue weighted by Gasteiger charge is 2.12. The van der Waals surface area contributed by atoms with Crippen molar-refractivity contribution < 1.29 is 4.74 Å². The number of benzene rings is 1. The Morgan fingerprint density at radius 2 is 2.00 bits per heavy atom. The van der Waals surface area contributed by atoms with E-state index in [4.69, 9.17) is 4.74 Å². The number of pyridine rings is 1. The van der Waals surface area contributed by atoms with Gasteiger partial charge in [-0.15, -0.1) is 24.5 Å². The van der Waals surface area contributed by atoms with Crippen LogP contribution in [0.3, 0.4) is 0 Å². The van der Waals surface area contributed by atoms with Gasteiger partial charge in [-0.25, -0.2) is 4.98 Å². The van der Waals surface area contributed by atoms with Crippen LogP contribution in [0.15, 0.2) is 41.5 Å². The summed E-state index contributed by atoms with van der Waals surface area (Å²) in [7, 11) is 1.63. The molecule has 24 heavy (non-hydrogen) atoms. The molecule has 0 radical (unpaired) electrons. The zero-order valence-corrected chi connectivity index (χ0v) is 15.3. The largest absolute Gasteiger partial charge is 0.496 e. The Balaban J connectivity index is 0.00000100. The van der Waals surface area contributed by atoms with Crippen LogP contribution in [-0.2, 0) is 0 Å². The van der Waals surface area contributed by atoms with E-state index in [1.165, 1.54) is 0 Å². The summed E-state index contributed by atoms with van der Waals surface area (Å²) in [6, 6.07) is 5.25. The molecule has 126 valence electrons. The van der Waals surface area contributed by atoms with E-state index in [0.29, 0.717) is 11.3 Å². The van der Waals surface area contributed by atoms with Crippen molar-refractivity contribution >= 4 is 22.2 Å². The van der Waals surface area contributed by atoms with Crippen LogP contribution < -0.4 is 10.2 Å². The summed E-state index contributed by atoms with van der Waals surface area (Å²) in [5.41, 5.74) is 3.53. The van der Waals surface area contributed by atoms with E-state index in [2.05, 4.69) is 37.0 Å². The predicted octanol–water partition coefficient (Wildman–Crippen LogP) is 4.89. The molecule has 5 heteroatoms. The molecule has 0 aliphatic heterocycles. The van der Waals surface area contributed by atoms with Crippen molar-refractivity contribution in [3.63, 3.8) is 0 Å². The zero-order valence-electron chi connectivity index (χ0n) is 14.5. The summed E-state index contributed by atoms with van der Waals surface area (Å²) >= 11 is 1.55. The van der Waals surface area contributed by atoms with Gasteiger partial charge in [0.2, 0.25) is 0 Å². The lowest BCUT2D eigenvalue weighted by atomic mass is 10.1. The molecule has 0 saturated carbocycles. The molecule has 0 amide bonds. The molecule has 0 aliphatic carbocycles. The number of aromatic nitrogens is 2. The number of H-pyrrole nitrogens is 1. The molecule has 0 bridgehead atoms. The Bertz CT molecular complexity index is 909. The smallest absolute Gasteiger partial charge is 0.190 e. The van der Waals surface area contributed by atoms with Crippen LogP contribution in [-0.4, -0.2) is 17.1 Å². The molecule has 0 atom stereocenters. The van der Waals surface area contributed by atoms with E-state index in [1.807, 2.05) is 18.4 Å². The third-order valence-electron chi connectivity index (χ3n) is 3.78. The van der Waals surface area contributed by atoms with Gasteiger partial charge >= 0.3 is 0 Å². The van der Waals surface area contributed by atoms with Crippen molar-refractivity contribution in [3.8, 4) is 16.5 Å². The van der Waals surface area contributed by atoms with Gasteiger partial charge in [0.15, 0.2) is 5.43 Å². The second-order valence-electron chi connectivity index (χ2n) is 5.59. The van der Waals surface area contributed by atoms with E-state index in [9.17, 15) is 4.79 Å². The van der Waals surface area contributed by atoms with E-state index in [-0.39, 0.29) is 5.43 Å². The third-order valence-corrected chi connectivity index (χ3v) is 4.67. The summed E-state index contributed by atoms with van der Waals surface area (Å²) < 4.78 is 5.34. The van der Waals surface area contributed by atoms with Crippen LogP contribution in [0.5, 0.6) is 5.75 Å². The molecule has 4 nitrogen and oxygen atoms in total. The molecule has 0 spiro atoms. The van der Waals surface area contributed by atoms with Crippen molar-refractivity contribution in [3.05, 3.63) is 58.2 Å². The fourth-order valence-corrected chi connectivity index (χ4v) is 3.40. The average Bonchev–Trinajstić information content (AvgIpc) is 3.08. The number of hydrogen-bond acceptors (Lipinski definition) is 4. The Labute approximate surface area is 145 Å². The van der Waals surface area contributed by atoms with Gasteiger partial charge in [-0.3, -0.25) is 4.79 Å².